The zero-order valence-electron chi connectivity index (χ0n) is 17.6. The van der Waals surface area contributed by atoms with Gasteiger partial charge in [0.25, 0.3) is 5.91 Å². The highest BCUT2D eigenvalue weighted by Crippen LogP contribution is 2.31. The molecule has 0 saturated carbocycles. The third kappa shape index (κ3) is 4.57. The lowest BCUT2D eigenvalue weighted by Gasteiger charge is -2.10. The Hall–Kier alpha value is -3.92. The molecule has 0 aliphatic carbocycles. The molecule has 0 saturated heterocycles. The molecule has 0 atom stereocenters. The van der Waals surface area contributed by atoms with Crippen LogP contribution < -0.4 is 10.1 Å². The van der Waals surface area contributed by atoms with Gasteiger partial charge in [-0.1, -0.05) is 11.6 Å². The molecule has 0 aliphatic heterocycles. The number of nitrogens with one attached hydrogen (secondary N) is 1. The van der Waals surface area contributed by atoms with Crippen LogP contribution in [0.5, 0.6) is 5.75 Å². The van der Waals surface area contributed by atoms with Gasteiger partial charge in [-0.05, 0) is 43.3 Å². The molecule has 4 aromatic rings. The maximum atomic E-state index is 13.7. The molecule has 5 nitrogen and oxygen atoms in total. The van der Waals surface area contributed by atoms with Crippen molar-refractivity contribution in [3.8, 4) is 5.75 Å². The fraction of sp³-hybridized carbons (Fsp3) is 0.0833. The number of ketones is 1. The molecule has 4 rings (SSSR count). The van der Waals surface area contributed by atoms with Gasteiger partial charge in [0, 0.05) is 33.3 Å². The number of rotatable bonds is 6. The van der Waals surface area contributed by atoms with Crippen molar-refractivity contribution in [2.24, 2.45) is 0 Å². The molecule has 1 amide bonds. The van der Waals surface area contributed by atoms with Crippen molar-refractivity contribution in [3.63, 3.8) is 0 Å². The van der Waals surface area contributed by atoms with Gasteiger partial charge in [-0.3, -0.25) is 9.59 Å². The molecule has 0 aliphatic rings. The number of carbonyl (C=O) groups excluding carboxylic acids is 2. The van der Waals surface area contributed by atoms with Gasteiger partial charge in [0.1, 0.15) is 5.58 Å². The van der Waals surface area contributed by atoms with Crippen molar-refractivity contribution < 1.29 is 40.7 Å². The number of ether oxygens (including phenoxy) is 1. The largest absolute Gasteiger partial charge is 0.477 e. The van der Waals surface area contributed by atoms with Gasteiger partial charge in [-0.25, -0.2) is 13.2 Å². The van der Waals surface area contributed by atoms with E-state index in [9.17, 15) is 31.5 Å². The van der Waals surface area contributed by atoms with E-state index >= 15 is 0 Å². The second-order valence-electron chi connectivity index (χ2n) is 7.34. The molecule has 0 bridgehead atoms. The number of hydrogen-bond acceptors (Lipinski definition) is 4. The number of furan rings is 1. The monoisotopic (exact) mass is 509 g/mol. The van der Waals surface area contributed by atoms with Crippen molar-refractivity contribution in [2.75, 3.05) is 11.9 Å². The van der Waals surface area contributed by atoms with Gasteiger partial charge in [0.2, 0.25) is 34.9 Å². The van der Waals surface area contributed by atoms with Crippen LogP contribution in [0.25, 0.3) is 11.0 Å². The third-order valence-electron chi connectivity index (χ3n) is 5.05. The topological polar surface area (TPSA) is 68.5 Å². The minimum Gasteiger partial charge on any atom is -0.477 e. The Morgan fingerprint density at radius 3 is 2.14 bits per heavy atom. The number of anilines is 1. The predicted octanol–water partition coefficient (Wildman–Crippen LogP) is 6.34. The van der Waals surface area contributed by atoms with Crippen molar-refractivity contribution in [1.29, 1.82) is 0 Å². The van der Waals surface area contributed by atoms with Crippen LogP contribution in [0.1, 0.15) is 21.7 Å². The van der Waals surface area contributed by atoms with Gasteiger partial charge >= 0.3 is 0 Å². The zero-order valence-corrected chi connectivity index (χ0v) is 18.4. The lowest BCUT2D eigenvalue weighted by atomic mass is 10.0. The average Bonchev–Trinajstić information content (AvgIpc) is 3.17. The fourth-order valence-corrected chi connectivity index (χ4v) is 3.42. The Morgan fingerprint density at radius 1 is 0.914 bits per heavy atom. The number of benzene rings is 3. The minimum absolute atomic E-state index is 0.0837. The van der Waals surface area contributed by atoms with E-state index in [1.165, 1.54) is 12.1 Å². The van der Waals surface area contributed by atoms with E-state index in [4.69, 9.17) is 16.0 Å². The standard InChI is InChI=1S/C24H13ClF5NO4/c1-10-14-7-6-13(8-15(14)35-23(10)22(33)11-2-4-12(25)5-3-11)31-16(32)9-34-24-20(29)18(27)17(26)19(28)21(24)30/h2-8H,9H2,1H3,(H,31,32). The summed E-state index contributed by atoms with van der Waals surface area (Å²) in [6, 6.07) is 10.7. The quantitative estimate of drug-likeness (QED) is 0.143. The summed E-state index contributed by atoms with van der Waals surface area (Å²) in [5.74, 6) is -13.9. The molecule has 1 aromatic heterocycles. The first-order valence-electron chi connectivity index (χ1n) is 9.86. The van der Waals surface area contributed by atoms with Crippen LogP contribution in [0.4, 0.5) is 27.6 Å². The molecular weight excluding hydrogens is 497 g/mol. The van der Waals surface area contributed by atoms with Crippen LogP contribution >= 0.6 is 11.6 Å². The van der Waals surface area contributed by atoms with Crippen molar-refractivity contribution in [1.82, 2.24) is 0 Å². The Balaban J connectivity index is 1.51. The van der Waals surface area contributed by atoms with Crippen LogP contribution in [0.15, 0.2) is 46.9 Å². The number of fused-ring (bicyclic) bond motifs is 1. The maximum absolute atomic E-state index is 13.7. The van der Waals surface area contributed by atoms with E-state index in [1.54, 1.807) is 37.3 Å². The summed E-state index contributed by atoms with van der Waals surface area (Å²) in [4.78, 5) is 24.9. The van der Waals surface area contributed by atoms with Crippen LogP contribution in [-0.2, 0) is 4.79 Å². The number of amides is 1. The number of halogens is 6. The predicted molar refractivity (Wildman–Crippen MR) is 116 cm³/mol. The highest BCUT2D eigenvalue weighted by atomic mass is 35.5. The average molecular weight is 510 g/mol. The normalized spacial score (nSPS) is 11.1. The summed E-state index contributed by atoms with van der Waals surface area (Å²) < 4.78 is 77.2. The highest BCUT2D eigenvalue weighted by Gasteiger charge is 2.27. The van der Waals surface area contributed by atoms with Gasteiger partial charge in [-0.2, -0.15) is 8.78 Å². The first kappa shape index (κ1) is 24.2. The third-order valence-corrected chi connectivity index (χ3v) is 5.30. The molecule has 3 aromatic carbocycles. The van der Waals surface area contributed by atoms with E-state index in [2.05, 4.69) is 10.1 Å². The van der Waals surface area contributed by atoms with Crippen molar-refractivity contribution >= 4 is 39.9 Å². The first-order valence-corrected chi connectivity index (χ1v) is 10.2. The molecule has 1 heterocycles. The van der Waals surface area contributed by atoms with Gasteiger partial charge in [0.15, 0.2) is 18.1 Å². The Morgan fingerprint density at radius 2 is 1.51 bits per heavy atom. The summed E-state index contributed by atoms with van der Waals surface area (Å²) in [7, 11) is 0. The van der Waals surface area contributed by atoms with E-state index in [-0.39, 0.29) is 22.8 Å². The lowest BCUT2D eigenvalue weighted by molar-refractivity contribution is -0.118. The summed E-state index contributed by atoms with van der Waals surface area (Å²) in [5.41, 5.74) is 1.35. The fourth-order valence-electron chi connectivity index (χ4n) is 3.30. The molecule has 35 heavy (non-hydrogen) atoms. The zero-order chi connectivity index (χ0) is 25.4. The summed E-state index contributed by atoms with van der Waals surface area (Å²) in [6.07, 6.45) is 0. The van der Waals surface area contributed by atoms with Gasteiger partial charge < -0.3 is 14.5 Å². The second-order valence-corrected chi connectivity index (χ2v) is 7.78. The second kappa shape index (κ2) is 9.38. The van der Waals surface area contributed by atoms with Crippen molar-refractivity contribution in [3.05, 3.63) is 93.5 Å². The highest BCUT2D eigenvalue weighted by molar-refractivity contribution is 6.30. The lowest BCUT2D eigenvalue weighted by Crippen LogP contribution is -2.21. The van der Waals surface area contributed by atoms with E-state index < -0.39 is 47.3 Å². The Kier molecular flexibility index (Phi) is 6.49. The Labute approximate surface area is 199 Å². The smallest absolute Gasteiger partial charge is 0.262 e. The molecular formula is C24H13ClF5NO4. The summed E-state index contributed by atoms with van der Waals surface area (Å²) in [6.45, 7) is 0.638. The minimum atomic E-state index is -2.34. The van der Waals surface area contributed by atoms with Gasteiger partial charge in [-0.15, -0.1) is 0 Å². The van der Waals surface area contributed by atoms with Crippen LogP contribution in [0.3, 0.4) is 0 Å². The van der Waals surface area contributed by atoms with Crippen LogP contribution in [0.2, 0.25) is 5.02 Å². The number of carbonyl (C=O) groups is 2. The first-order chi connectivity index (χ1) is 16.6. The van der Waals surface area contributed by atoms with E-state index in [0.717, 1.165) is 0 Å². The molecule has 0 radical (unpaired) electrons. The number of hydrogen-bond donors (Lipinski definition) is 1. The summed E-state index contributed by atoms with van der Waals surface area (Å²) in [5, 5.41) is 3.41. The number of aryl methyl sites for hydroxylation is 1. The van der Waals surface area contributed by atoms with Crippen LogP contribution in [0, 0.1) is 36.0 Å². The molecule has 1 N–H and O–H groups in total. The van der Waals surface area contributed by atoms with Gasteiger partial charge in [0.05, 0.1) is 0 Å². The molecule has 0 unspecified atom stereocenters. The maximum Gasteiger partial charge on any atom is 0.262 e. The van der Waals surface area contributed by atoms with E-state index in [0.29, 0.717) is 21.5 Å². The van der Waals surface area contributed by atoms with Crippen LogP contribution in [-0.4, -0.2) is 18.3 Å². The van der Waals surface area contributed by atoms with E-state index in [1.807, 2.05) is 0 Å². The molecule has 180 valence electrons. The molecule has 11 heteroatoms. The molecule has 0 spiro atoms. The SMILES string of the molecule is Cc1c(C(=O)c2ccc(Cl)cc2)oc2cc(NC(=O)COc3c(F)c(F)c(F)c(F)c3F)ccc12. The Bertz CT molecular complexity index is 1460. The molecule has 0 fully saturated rings. The summed E-state index contributed by atoms with van der Waals surface area (Å²) >= 11 is 5.85. The van der Waals surface area contributed by atoms with Crippen molar-refractivity contribution in [2.45, 2.75) is 6.92 Å².